The Kier molecular flexibility index (Phi) is 19.9. The van der Waals surface area contributed by atoms with Crippen LogP contribution in [0.4, 0.5) is 62.6 Å². The first-order chi connectivity index (χ1) is 43.9. The molecule has 0 aliphatic heterocycles. The highest BCUT2D eigenvalue weighted by Crippen LogP contribution is 2.50. The fourth-order valence-corrected chi connectivity index (χ4v) is 14.2. The summed E-state index contributed by atoms with van der Waals surface area (Å²) in [6.45, 7) is -1.66. The smallest absolute Gasteiger partial charge is 0.397 e. The molecule has 0 aliphatic rings. The summed E-state index contributed by atoms with van der Waals surface area (Å²) in [4.78, 5) is 7.01. The first-order valence-electron chi connectivity index (χ1n) is 25.1. The summed E-state index contributed by atoms with van der Waals surface area (Å²) in [7, 11) is -40.1. The number of hydrogen-bond acceptors (Lipinski definition) is 31. The SMILES string of the molecule is Nc1c(N=Nc2ccc(S(=O)(=O)CCO)cc2)c(S(=O)(=O)O)cc2cc(S(=O)(=O)O)c(N=Nc3ccc(C(=O)Nc4ccc(S(=O)(=O)O)c(N=Nc5c(S(=O)(=O)O)cc6cc(S(=O)(=O)O)c(N=Nc7ccc(S(=O)(=O)CCOS(=O)(=O)O)cc7)c(N)c6c5O)c4)cc3)c(O)c12. The van der Waals surface area contributed by atoms with E-state index in [2.05, 4.69) is 50.4 Å². The number of nitrogen functional groups attached to an aromatic ring is 2. The molecule has 8 aromatic carbocycles. The number of anilines is 3. The Morgan fingerprint density at radius 3 is 1.14 bits per heavy atom. The number of nitrogens with zero attached hydrogens (tertiary/aromatic N) is 8. The number of phenols is 2. The molecule has 0 fully saturated rings. The number of rotatable bonds is 23. The van der Waals surface area contributed by atoms with Crippen molar-refractivity contribution >= 4 is 171 Å². The predicted molar refractivity (Wildman–Crippen MR) is 328 cm³/mol. The maximum Gasteiger partial charge on any atom is 0.397 e. The summed E-state index contributed by atoms with van der Waals surface area (Å²) in [6, 6.07) is 17.2. The van der Waals surface area contributed by atoms with Gasteiger partial charge in [0.15, 0.2) is 31.2 Å². The lowest BCUT2D eigenvalue weighted by Crippen LogP contribution is -2.15. The lowest BCUT2D eigenvalue weighted by Gasteiger charge is -2.14. The minimum Gasteiger partial charge on any atom is -0.505 e. The van der Waals surface area contributed by atoms with Crippen molar-refractivity contribution in [2.75, 3.05) is 41.5 Å². The molecule has 95 heavy (non-hydrogen) atoms. The third kappa shape index (κ3) is 16.4. The first kappa shape index (κ1) is 71.5. The van der Waals surface area contributed by atoms with E-state index in [4.69, 9.17) is 21.1 Å². The van der Waals surface area contributed by atoms with Gasteiger partial charge < -0.3 is 32.1 Å². The number of aliphatic hydroxyl groups excluding tert-OH is 1. The lowest BCUT2D eigenvalue weighted by molar-refractivity contribution is 0.102. The average Bonchev–Trinajstić information content (AvgIpc) is 0.746. The maximum atomic E-state index is 13.6. The quantitative estimate of drug-likeness (QED) is 0.0173. The number of benzene rings is 8. The van der Waals surface area contributed by atoms with Crippen molar-refractivity contribution in [2.24, 2.45) is 40.9 Å². The summed E-state index contributed by atoms with van der Waals surface area (Å²) < 4.78 is 262. The fraction of sp³-hybridized carbons (Fsp3) is 0.0816. The van der Waals surface area contributed by atoms with Gasteiger partial charge in [-0.3, -0.25) is 32.1 Å². The molecule has 8 rings (SSSR count). The number of nitrogens with two attached hydrogens (primary N) is 2. The van der Waals surface area contributed by atoms with Crippen LogP contribution in [-0.2, 0) is 84.8 Å². The molecule has 0 unspecified atom stereocenters. The zero-order chi connectivity index (χ0) is 70.3. The van der Waals surface area contributed by atoms with Crippen LogP contribution in [0.3, 0.4) is 0 Å². The van der Waals surface area contributed by atoms with Gasteiger partial charge in [0.1, 0.15) is 52.9 Å². The second-order valence-corrected chi connectivity index (χ2v) is 31.3. The van der Waals surface area contributed by atoms with Crippen molar-refractivity contribution in [1.29, 1.82) is 0 Å². The number of azo groups is 4. The molecule has 0 atom stereocenters. The predicted octanol–water partition coefficient (Wildman–Crippen LogP) is 7.08. The van der Waals surface area contributed by atoms with Gasteiger partial charge in [0.05, 0.1) is 73.7 Å². The third-order valence-corrected chi connectivity index (χ3v) is 21.0. The van der Waals surface area contributed by atoms with Crippen molar-refractivity contribution in [3.63, 3.8) is 0 Å². The summed E-state index contributed by atoms with van der Waals surface area (Å²) in [5.74, 6) is -5.06. The van der Waals surface area contributed by atoms with Gasteiger partial charge in [0.25, 0.3) is 56.5 Å². The highest BCUT2D eigenvalue weighted by Gasteiger charge is 2.31. The molecule has 0 saturated carbocycles. The van der Waals surface area contributed by atoms with E-state index in [-0.39, 0.29) is 33.2 Å². The molecule has 8 aromatic rings. The monoisotopic (exact) mass is 1470 g/mol. The van der Waals surface area contributed by atoms with E-state index in [0.29, 0.717) is 30.3 Å². The number of amides is 1. The molecule has 0 saturated heterocycles. The van der Waals surface area contributed by atoms with E-state index in [1.54, 1.807) is 0 Å². The molecule has 0 radical (unpaired) electrons. The van der Waals surface area contributed by atoms with Gasteiger partial charge in [0.2, 0.25) is 0 Å². The normalized spacial score (nSPS) is 13.3. The Morgan fingerprint density at radius 2 is 0.768 bits per heavy atom. The van der Waals surface area contributed by atoms with Crippen molar-refractivity contribution < 1.29 is 119 Å². The molecular weight excluding hydrogens is 1430 g/mol. The van der Waals surface area contributed by atoms with Crippen LogP contribution >= 0.6 is 0 Å². The van der Waals surface area contributed by atoms with Crippen molar-refractivity contribution in [1.82, 2.24) is 0 Å². The van der Waals surface area contributed by atoms with Crippen LogP contribution in [0, 0.1) is 0 Å². The number of nitrogens with one attached hydrogen (secondary N) is 1. The van der Waals surface area contributed by atoms with E-state index in [0.717, 1.165) is 84.9 Å². The number of carbonyl (C=O) groups excluding carboxylic acids is 1. The van der Waals surface area contributed by atoms with Gasteiger partial charge in [-0.05, 0) is 126 Å². The molecular formula is C49H41N11O27S8. The molecule has 0 bridgehead atoms. The summed E-state index contributed by atoms with van der Waals surface area (Å²) in [5, 5.41) is 61.9. The van der Waals surface area contributed by atoms with E-state index in [1.807, 2.05) is 0 Å². The minimum absolute atomic E-state index is 0.107. The summed E-state index contributed by atoms with van der Waals surface area (Å²) in [5.41, 5.74) is 4.71. The Bertz CT molecular complexity index is 5630. The number of phenolic OH excluding ortho intramolecular Hbond substituents is 2. The second-order valence-electron chi connectivity index (χ2n) is 19.1. The van der Waals surface area contributed by atoms with Gasteiger partial charge in [0, 0.05) is 11.3 Å². The van der Waals surface area contributed by atoms with Crippen LogP contribution in [0.25, 0.3) is 21.5 Å². The van der Waals surface area contributed by atoms with Gasteiger partial charge in [-0.15, -0.1) is 25.6 Å². The molecule has 14 N–H and O–H groups in total. The third-order valence-electron chi connectivity index (χ3n) is 12.8. The molecule has 0 spiro atoms. The highest BCUT2D eigenvalue weighted by molar-refractivity contribution is 7.92. The van der Waals surface area contributed by atoms with Gasteiger partial charge in [-0.25, -0.2) is 21.0 Å². The number of aliphatic hydroxyl groups is 1. The Hall–Kier alpha value is -9.37. The lowest BCUT2D eigenvalue weighted by atomic mass is 10.1. The van der Waals surface area contributed by atoms with Crippen LogP contribution in [-0.4, -0.2) is 141 Å². The highest BCUT2D eigenvalue weighted by atomic mass is 32.3. The van der Waals surface area contributed by atoms with E-state index in [9.17, 15) is 105 Å². The number of sulfone groups is 2. The van der Waals surface area contributed by atoms with Crippen molar-refractivity contribution in [3.8, 4) is 11.5 Å². The molecule has 1 amide bonds. The number of aromatic hydroxyl groups is 2. The summed E-state index contributed by atoms with van der Waals surface area (Å²) >= 11 is 0. The Labute approximate surface area is 535 Å². The Balaban J connectivity index is 1.10. The van der Waals surface area contributed by atoms with Crippen LogP contribution in [0.2, 0.25) is 0 Å². The van der Waals surface area contributed by atoms with Crippen LogP contribution in [0.15, 0.2) is 190 Å². The molecule has 502 valence electrons. The van der Waals surface area contributed by atoms with Gasteiger partial charge in [-0.1, -0.05) is 0 Å². The fourth-order valence-electron chi connectivity index (χ4n) is 8.45. The first-order valence-corrected chi connectivity index (χ1v) is 37.0. The van der Waals surface area contributed by atoms with E-state index < -0.39 is 214 Å². The topological polar surface area (TPSA) is 644 Å². The van der Waals surface area contributed by atoms with Gasteiger partial charge >= 0.3 is 10.4 Å². The Morgan fingerprint density at radius 1 is 0.421 bits per heavy atom. The van der Waals surface area contributed by atoms with E-state index >= 15 is 0 Å². The molecule has 0 aromatic heterocycles. The van der Waals surface area contributed by atoms with Crippen molar-refractivity contribution in [2.45, 2.75) is 34.3 Å². The maximum absolute atomic E-state index is 13.6. The van der Waals surface area contributed by atoms with Crippen LogP contribution < -0.4 is 16.8 Å². The van der Waals surface area contributed by atoms with Gasteiger partial charge in [-0.2, -0.15) is 65.8 Å². The minimum atomic E-state index is -5.58. The largest absolute Gasteiger partial charge is 0.505 e. The number of carbonyl (C=O) groups is 1. The zero-order valence-electron chi connectivity index (χ0n) is 46.7. The molecule has 46 heteroatoms. The molecule has 0 aliphatic carbocycles. The standard InChI is InChI=1S/C49H41N11O27S8/c50-41-39-25(19-35(91(72,73)74)43(41)57-53-28-5-10-31(11-6-28)88(65,66)17-15-61)21-37(93(78,79)80)45(47(39)62)59-55-27-3-1-24(2-4-27)49(64)52-30-9-14-34(90(69,70)71)33(23-30)56-60-46-38(94(81,82)83)22-26-20-36(92(75,76)77)44(42(51)40(26)48(46)63)58-54-29-7-12-32(13-8-29)89(67,68)18-16-87-95(84,85)86/h1-14,19-23,61-63H,15-18,50-51H2,(H,52,64)(H,69,70,71)(H,72,73,74)(H,75,76,77)(H,78,79,80)(H,81,82,83)(H,84,85,86). The van der Waals surface area contributed by atoms with Crippen LogP contribution in [0.1, 0.15) is 10.4 Å². The zero-order valence-corrected chi connectivity index (χ0v) is 53.2. The molecule has 0 heterocycles. The summed E-state index contributed by atoms with van der Waals surface area (Å²) in [6.07, 6.45) is 0. The second kappa shape index (κ2) is 26.4. The average molecular weight is 1470 g/mol. The number of fused-ring (bicyclic) bond motifs is 2. The van der Waals surface area contributed by atoms with E-state index in [1.165, 1.54) is 0 Å². The van der Waals surface area contributed by atoms with Crippen molar-refractivity contribution in [3.05, 3.63) is 121 Å². The molecule has 38 nitrogen and oxygen atoms in total. The number of hydrogen-bond donors (Lipinski definition) is 12. The van der Waals surface area contributed by atoms with Crippen LogP contribution in [0.5, 0.6) is 11.5 Å².